The number of methoxy groups -OCH3 is 1. The molecule has 0 aromatic heterocycles. The minimum atomic E-state index is -0.605. The maximum Gasteiger partial charge on any atom is 0.337 e. The largest absolute Gasteiger partial charge is 0.465 e. The van der Waals surface area contributed by atoms with Crippen LogP contribution in [0.15, 0.2) is 77.5 Å². The summed E-state index contributed by atoms with van der Waals surface area (Å²) >= 11 is 6.23. The van der Waals surface area contributed by atoms with Crippen molar-refractivity contribution in [1.82, 2.24) is 0 Å². The Bertz CT molecular complexity index is 1410. The summed E-state index contributed by atoms with van der Waals surface area (Å²) in [6.45, 7) is 3.68. The molecule has 3 amide bonds. The van der Waals surface area contributed by atoms with Gasteiger partial charge in [-0.15, -0.1) is 0 Å². The van der Waals surface area contributed by atoms with Crippen LogP contribution in [0.5, 0.6) is 0 Å². The van der Waals surface area contributed by atoms with Crippen molar-refractivity contribution < 1.29 is 23.9 Å². The highest BCUT2D eigenvalue weighted by Gasteiger charge is 2.39. The zero-order valence-electron chi connectivity index (χ0n) is 19.7. The number of ether oxygens (including phenoxy) is 1. The normalized spacial score (nSPS) is 13.2. The molecule has 3 aromatic rings. The summed E-state index contributed by atoms with van der Waals surface area (Å²) < 4.78 is 4.66. The summed E-state index contributed by atoms with van der Waals surface area (Å²) in [5, 5.41) is 5.43. The standard InChI is InChI=1S/C27H22ClN3O5/c1-15-4-5-16(2)21(14-15)31-25(33)22(28)23(26(31)34)29-19-10-6-17(7-11-19)24(32)30-20-12-8-18(9-13-20)27(35)36-3/h4-14,29H,1-3H3,(H,30,32). The lowest BCUT2D eigenvalue weighted by Gasteiger charge is -2.18. The molecule has 1 aliphatic heterocycles. The first-order valence-electron chi connectivity index (χ1n) is 10.9. The van der Waals surface area contributed by atoms with Crippen LogP contribution in [-0.4, -0.2) is 30.8 Å². The summed E-state index contributed by atoms with van der Waals surface area (Å²) in [6.07, 6.45) is 0. The number of carbonyl (C=O) groups excluding carboxylic acids is 4. The Kier molecular flexibility index (Phi) is 6.89. The molecule has 9 heteroatoms. The number of halogens is 1. The minimum Gasteiger partial charge on any atom is -0.465 e. The number of nitrogens with one attached hydrogen (secondary N) is 2. The first-order valence-corrected chi connectivity index (χ1v) is 11.3. The second-order valence-corrected chi connectivity index (χ2v) is 8.53. The third-order valence-electron chi connectivity index (χ3n) is 5.61. The molecule has 0 saturated heterocycles. The van der Waals surface area contributed by atoms with Gasteiger partial charge in [-0.1, -0.05) is 23.7 Å². The van der Waals surface area contributed by atoms with Crippen LogP contribution >= 0.6 is 11.6 Å². The fraction of sp³-hybridized carbons (Fsp3) is 0.111. The van der Waals surface area contributed by atoms with Gasteiger partial charge < -0.3 is 15.4 Å². The summed E-state index contributed by atoms with van der Waals surface area (Å²) in [5.41, 5.74) is 3.83. The van der Waals surface area contributed by atoms with E-state index in [0.29, 0.717) is 28.2 Å². The second-order valence-electron chi connectivity index (χ2n) is 8.15. The maximum atomic E-state index is 13.1. The lowest BCUT2D eigenvalue weighted by atomic mass is 10.1. The number of esters is 1. The Hall–Kier alpha value is -4.43. The Balaban J connectivity index is 1.46. The van der Waals surface area contributed by atoms with Gasteiger partial charge in [0, 0.05) is 16.9 Å². The van der Waals surface area contributed by atoms with Gasteiger partial charge in [0.2, 0.25) is 0 Å². The number of benzene rings is 3. The van der Waals surface area contributed by atoms with Crippen LogP contribution in [0.3, 0.4) is 0 Å². The molecule has 2 N–H and O–H groups in total. The highest BCUT2D eigenvalue weighted by Crippen LogP contribution is 2.32. The van der Waals surface area contributed by atoms with E-state index in [1.807, 2.05) is 26.0 Å². The van der Waals surface area contributed by atoms with Gasteiger partial charge in [-0.25, -0.2) is 9.69 Å². The number of amides is 3. The molecule has 0 fully saturated rings. The first kappa shape index (κ1) is 24.7. The number of carbonyl (C=O) groups is 4. The Labute approximate surface area is 212 Å². The van der Waals surface area contributed by atoms with Gasteiger partial charge in [0.1, 0.15) is 10.7 Å². The summed E-state index contributed by atoms with van der Waals surface area (Å²) in [4.78, 5) is 51.0. The van der Waals surface area contributed by atoms with Crippen LogP contribution in [-0.2, 0) is 14.3 Å². The number of hydrogen-bond acceptors (Lipinski definition) is 6. The molecule has 36 heavy (non-hydrogen) atoms. The number of aryl methyl sites for hydroxylation is 2. The van der Waals surface area contributed by atoms with Gasteiger partial charge in [0.05, 0.1) is 18.4 Å². The monoisotopic (exact) mass is 503 g/mol. The van der Waals surface area contributed by atoms with E-state index in [0.717, 1.165) is 16.0 Å². The van der Waals surface area contributed by atoms with Crippen molar-refractivity contribution >= 4 is 52.4 Å². The van der Waals surface area contributed by atoms with Crippen LogP contribution in [0.25, 0.3) is 0 Å². The SMILES string of the molecule is COC(=O)c1ccc(NC(=O)c2ccc(NC3=C(Cl)C(=O)N(c4cc(C)ccc4C)C3=O)cc2)cc1. The van der Waals surface area contributed by atoms with E-state index in [9.17, 15) is 19.2 Å². The third-order valence-corrected chi connectivity index (χ3v) is 5.96. The number of nitrogens with zero attached hydrogens (tertiary/aromatic N) is 1. The van der Waals surface area contributed by atoms with Gasteiger partial charge in [-0.2, -0.15) is 0 Å². The number of hydrogen-bond donors (Lipinski definition) is 2. The fourth-order valence-electron chi connectivity index (χ4n) is 3.65. The molecule has 0 bridgehead atoms. The highest BCUT2D eigenvalue weighted by molar-refractivity contribution is 6.53. The average Bonchev–Trinajstić information content (AvgIpc) is 3.08. The third kappa shape index (κ3) is 4.85. The van der Waals surface area contributed by atoms with E-state index in [1.54, 1.807) is 54.6 Å². The van der Waals surface area contributed by atoms with E-state index < -0.39 is 17.8 Å². The number of imide groups is 1. The van der Waals surface area contributed by atoms with E-state index in [2.05, 4.69) is 15.4 Å². The summed E-state index contributed by atoms with van der Waals surface area (Å²) in [6, 6.07) is 18.1. The molecular weight excluding hydrogens is 482 g/mol. The lowest BCUT2D eigenvalue weighted by Crippen LogP contribution is -2.32. The van der Waals surface area contributed by atoms with Gasteiger partial charge in [-0.3, -0.25) is 14.4 Å². The van der Waals surface area contributed by atoms with Crippen molar-refractivity contribution in [2.24, 2.45) is 0 Å². The minimum absolute atomic E-state index is 0.0366. The Morgan fingerprint density at radius 1 is 0.833 bits per heavy atom. The van der Waals surface area contributed by atoms with E-state index in [-0.39, 0.29) is 16.6 Å². The van der Waals surface area contributed by atoms with Crippen molar-refractivity contribution in [3.63, 3.8) is 0 Å². The van der Waals surface area contributed by atoms with Crippen molar-refractivity contribution in [3.8, 4) is 0 Å². The van der Waals surface area contributed by atoms with Crippen molar-refractivity contribution in [1.29, 1.82) is 0 Å². The highest BCUT2D eigenvalue weighted by atomic mass is 35.5. The van der Waals surface area contributed by atoms with Crippen molar-refractivity contribution in [2.75, 3.05) is 22.6 Å². The van der Waals surface area contributed by atoms with E-state index in [4.69, 9.17) is 11.6 Å². The predicted octanol–water partition coefficient (Wildman–Crippen LogP) is 4.78. The Morgan fingerprint density at radius 3 is 2.08 bits per heavy atom. The molecule has 1 aliphatic rings. The molecule has 4 rings (SSSR count). The molecule has 182 valence electrons. The molecule has 0 radical (unpaired) electrons. The van der Waals surface area contributed by atoms with Crippen LogP contribution in [0.4, 0.5) is 17.1 Å². The van der Waals surface area contributed by atoms with Gasteiger partial charge >= 0.3 is 5.97 Å². The fourth-order valence-corrected chi connectivity index (χ4v) is 3.86. The predicted molar refractivity (Wildman–Crippen MR) is 137 cm³/mol. The van der Waals surface area contributed by atoms with Crippen LogP contribution < -0.4 is 15.5 Å². The van der Waals surface area contributed by atoms with Gasteiger partial charge in [0.25, 0.3) is 17.7 Å². The molecule has 1 heterocycles. The first-order chi connectivity index (χ1) is 17.2. The topological polar surface area (TPSA) is 105 Å². The zero-order valence-corrected chi connectivity index (χ0v) is 20.5. The van der Waals surface area contributed by atoms with Gasteiger partial charge in [0.15, 0.2) is 0 Å². The molecule has 0 saturated carbocycles. The van der Waals surface area contributed by atoms with E-state index in [1.165, 1.54) is 7.11 Å². The number of anilines is 3. The van der Waals surface area contributed by atoms with Crippen molar-refractivity contribution in [2.45, 2.75) is 13.8 Å². The van der Waals surface area contributed by atoms with E-state index >= 15 is 0 Å². The summed E-state index contributed by atoms with van der Waals surface area (Å²) in [5.74, 6) is -1.99. The molecule has 0 aliphatic carbocycles. The quantitative estimate of drug-likeness (QED) is 0.370. The smallest absolute Gasteiger partial charge is 0.337 e. The Morgan fingerprint density at radius 2 is 1.44 bits per heavy atom. The molecular formula is C27H22ClN3O5. The number of rotatable bonds is 6. The molecule has 0 atom stereocenters. The lowest BCUT2D eigenvalue weighted by molar-refractivity contribution is -0.120. The van der Waals surface area contributed by atoms with Gasteiger partial charge in [-0.05, 0) is 79.6 Å². The molecule has 8 nitrogen and oxygen atoms in total. The van der Waals surface area contributed by atoms with Crippen LogP contribution in [0, 0.1) is 13.8 Å². The van der Waals surface area contributed by atoms with Crippen LogP contribution in [0.1, 0.15) is 31.8 Å². The second kappa shape index (κ2) is 10.1. The molecule has 0 spiro atoms. The molecule has 0 unspecified atom stereocenters. The summed E-state index contributed by atoms with van der Waals surface area (Å²) in [7, 11) is 1.29. The molecule has 3 aromatic carbocycles. The maximum absolute atomic E-state index is 13.1. The zero-order chi connectivity index (χ0) is 26.0. The van der Waals surface area contributed by atoms with Crippen molar-refractivity contribution in [3.05, 3.63) is 99.7 Å². The average molecular weight is 504 g/mol. The van der Waals surface area contributed by atoms with Crippen LogP contribution in [0.2, 0.25) is 0 Å².